The van der Waals surface area contributed by atoms with Crippen molar-refractivity contribution in [3.8, 4) is 11.1 Å². The number of carboxylic acid groups (broad SMARTS) is 1. The second kappa shape index (κ2) is 15.5. The normalized spacial score (nSPS) is 12.4. The number of hydrogen-bond donors (Lipinski definition) is 4. The van der Waals surface area contributed by atoms with Crippen LogP contribution in [0.2, 0.25) is 0 Å². The van der Waals surface area contributed by atoms with E-state index < -0.39 is 23.8 Å². The molecule has 5 aromatic rings. The Morgan fingerprint density at radius 3 is 2.20 bits per heavy atom. The molecule has 4 aromatic carbocycles. The van der Waals surface area contributed by atoms with Crippen LogP contribution in [-0.2, 0) is 33.6 Å². The van der Waals surface area contributed by atoms with Crippen LogP contribution < -0.4 is 10.6 Å². The molecule has 0 fully saturated rings. The molecule has 230 valence electrons. The number of carboxylic acids is 1. The van der Waals surface area contributed by atoms with Crippen LogP contribution in [0.15, 0.2) is 115 Å². The Bertz CT molecular complexity index is 1720. The van der Waals surface area contributed by atoms with Gasteiger partial charge in [-0.1, -0.05) is 103 Å². The zero-order valence-electron chi connectivity index (χ0n) is 25.2. The largest absolute Gasteiger partial charge is 0.481 e. The number of fused-ring (bicyclic) bond motifs is 1. The molecule has 0 aliphatic carbocycles. The first kappa shape index (κ1) is 31.3. The Hall–Kier alpha value is -5.17. The number of amides is 2. The van der Waals surface area contributed by atoms with Crippen LogP contribution in [-0.4, -0.2) is 40.5 Å². The molecular weight excluding hydrogens is 562 g/mol. The van der Waals surface area contributed by atoms with Gasteiger partial charge in [-0.15, -0.1) is 0 Å². The van der Waals surface area contributed by atoms with Gasteiger partial charge in [-0.25, -0.2) is 0 Å². The number of aromatic nitrogens is 1. The molecule has 0 spiro atoms. The third kappa shape index (κ3) is 8.92. The van der Waals surface area contributed by atoms with Gasteiger partial charge >= 0.3 is 5.97 Å². The lowest BCUT2D eigenvalue weighted by molar-refractivity contribution is -0.141. The summed E-state index contributed by atoms with van der Waals surface area (Å²) in [5, 5.41) is 16.5. The summed E-state index contributed by atoms with van der Waals surface area (Å²) < 4.78 is 0. The maximum Gasteiger partial charge on any atom is 0.304 e. The number of rotatable bonds is 15. The van der Waals surface area contributed by atoms with Crippen molar-refractivity contribution in [1.29, 1.82) is 0 Å². The molecule has 2 unspecified atom stereocenters. The molecule has 0 bridgehead atoms. The predicted molar refractivity (Wildman–Crippen MR) is 178 cm³/mol. The molecule has 45 heavy (non-hydrogen) atoms. The molecule has 0 radical (unpaired) electrons. The van der Waals surface area contributed by atoms with Gasteiger partial charge in [-0.2, -0.15) is 0 Å². The predicted octanol–water partition coefficient (Wildman–Crippen LogP) is 6.33. The monoisotopic (exact) mass is 601 g/mol. The van der Waals surface area contributed by atoms with Gasteiger partial charge in [-0.3, -0.25) is 14.4 Å². The van der Waals surface area contributed by atoms with E-state index in [4.69, 9.17) is 0 Å². The number of aryl methyl sites for hydroxylation is 1. The van der Waals surface area contributed by atoms with Crippen molar-refractivity contribution >= 4 is 28.7 Å². The number of carbonyl (C=O) groups excluding carboxylic acids is 2. The highest BCUT2D eigenvalue weighted by Gasteiger charge is 2.28. The van der Waals surface area contributed by atoms with Crippen LogP contribution in [0.4, 0.5) is 0 Å². The molecule has 7 heteroatoms. The van der Waals surface area contributed by atoms with Crippen LogP contribution in [0, 0.1) is 5.92 Å². The number of H-pyrrole nitrogens is 1. The molecule has 5 rings (SSSR count). The fourth-order valence-corrected chi connectivity index (χ4v) is 5.74. The molecular formula is C38H39N3O4. The Morgan fingerprint density at radius 2 is 1.42 bits per heavy atom. The third-order valence-corrected chi connectivity index (χ3v) is 8.13. The van der Waals surface area contributed by atoms with Gasteiger partial charge < -0.3 is 20.7 Å². The lowest BCUT2D eigenvalue weighted by atomic mass is 9.94. The number of aromatic amines is 1. The summed E-state index contributed by atoms with van der Waals surface area (Å²) in [5.41, 5.74) is 6.33. The Labute approximate surface area is 263 Å². The number of para-hydroxylation sites is 1. The van der Waals surface area contributed by atoms with E-state index in [1.54, 1.807) is 0 Å². The highest BCUT2D eigenvalue weighted by molar-refractivity contribution is 5.91. The molecule has 4 N–H and O–H groups in total. The highest BCUT2D eigenvalue weighted by atomic mass is 16.4. The van der Waals surface area contributed by atoms with E-state index in [9.17, 15) is 19.5 Å². The topological polar surface area (TPSA) is 111 Å². The minimum atomic E-state index is -1.04. The van der Waals surface area contributed by atoms with Crippen molar-refractivity contribution in [2.45, 2.75) is 44.6 Å². The Kier molecular flexibility index (Phi) is 10.8. The lowest BCUT2D eigenvalue weighted by Crippen LogP contribution is -2.50. The van der Waals surface area contributed by atoms with E-state index in [1.165, 1.54) is 0 Å². The Morgan fingerprint density at radius 1 is 0.733 bits per heavy atom. The summed E-state index contributed by atoms with van der Waals surface area (Å²) >= 11 is 0. The van der Waals surface area contributed by atoms with Gasteiger partial charge in [0.25, 0.3) is 0 Å². The molecule has 7 nitrogen and oxygen atoms in total. The quantitative estimate of drug-likeness (QED) is 0.112. The highest BCUT2D eigenvalue weighted by Crippen LogP contribution is 2.23. The first-order valence-corrected chi connectivity index (χ1v) is 15.5. The van der Waals surface area contributed by atoms with Crippen LogP contribution in [0.25, 0.3) is 22.0 Å². The van der Waals surface area contributed by atoms with Gasteiger partial charge in [0.05, 0.1) is 6.42 Å². The van der Waals surface area contributed by atoms with Gasteiger partial charge in [0.15, 0.2) is 0 Å². The third-order valence-electron chi connectivity index (χ3n) is 8.13. The van der Waals surface area contributed by atoms with Crippen LogP contribution in [0.3, 0.4) is 0 Å². The maximum atomic E-state index is 13.6. The maximum absolute atomic E-state index is 13.6. The van der Waals surface area contributed by atoms with E-state index in [-0.39, 0.29) is 18.7 Å². The van der Waals surface area contributed by atoms with Gasteiger partial charge in [0.2, 0.25) is 11.8 Å². The average Bonchev–Trinajstić information content (AvgIpc) is 3.47. The number of hydrogen-bond acceptors (Lipinski definition) is 3. The van der Waals surface area contributed by atoms with E-state index in [0.717, 1.165) is 38.7 Å². The summed E-state index contributed by atoms with van der Waals surface area (Å²) in [6.07, 6.45) is 4.24. The van der Waals surface area contributed by atoms with Gasteiger partial charge in [-0.05, 0) is 59.6 Å². The first-order valence-electron chi connectivity index (χ1n) is 15.5. The summed E-state index contributed by atoms with van der Waals surface area (Å²) in [5.74, 6) is -2.51. The van der Waals surface area contributed by atoms with Crippen molar-refractivity contribution < 1.29 is 19.5 Å². The smallest absolute Gasteiger partial charge is 0.304 e. The summed E-state index contributed by atoms with van der Waals surface area (Å²) in [7, 11) is 0. The molecule has 0 saturated carbocycles. The number of carbonyl (C=O) groups is 3. The fraction of sp³-hybridized carbons (Fsp3) is 0.237. The van der Waals surface area contributed by atoms with Crippen molar-refractivity contribution in [3.63, 3.8) is 0 Å². The van der Waals surface area contributed by atoms with Crippen LogP contribution in [0.5, 0.6) is 0 Å². The summed E-state index contributed by atoms with van der Waals surface area (Å²) in [4.78, 5) is 42.1. The molecule has 1 heterocycles. The second-order valence-corrected chi connectivity index (χ2v) is 11.4. The van der Waals surface area contributed by atoms with Crippen molar-refractivity contribution in [3.05, 3.63) is 132 Å². The first-order chi connectivity index (χ1) is 22.0. The van der Waals surface area contributed by atoms with Crippen molar-refractivity contribution in [2.75, 3.05) is 6.54 Å². The molecule has 2 amide bonds. The number of aliphatic carboxylic acids is 1. The summed E-state index contributed by atoms with van der Waals surface area (Å²) in [6.45, 7) is 0.420. The summed E-state index contributed by atoms with van der Waals surface area (Å²) in [6, 6.07) is 35.2. The van der Waals surface area contributed by atoms with Crippen molar-refractivity contribution in [1.82, 2.24) is 15.6 Å². The zero-order chi connectivity index (χ0) is 31.4. The SMILES string of the molecule is O=C(O)CC(CCCc1cccc(-c2ccccc2)c1)C(=O)NC(Cc1c[nH]c2ccccc12)C(=O)NCCc1ccccc1. The van der Waals surface area contributed by atoms with Crippen LogP contribution in [0.1, 0.15) is 36.0 Å². The Balaban J connectivity index is 1.25. The fourth-order valence-electron chi connectivity index (χ4n) is 5.74. The molecule has 2 atom stereocenters. The average molecular weight is 602 g/mol. The molecule has 0 aliphatic heterocycles. The standard InChI is InChI=1S/C38H39N3O4/c42-36(43)25-31(18-10-14-28-13-9-17-30(23-28)29-15-5-2-6-16-29)37(44)41-35(24-32-26-40-34-20-8-7-19-33(32)34)38(45)39-22-21-27-11-3-1-4-12-27/h1-9,11-13,15-17,19-20,23,26,31,35,40H,10,14,18,21-22,24-25H2,(H,39,45)(H,41,44)(H,42,43). The number of benzene rings is 4. The van der Waals surface area contributed by atoms with Gasteiger partial charge in [0, 0.05) is 36.0 Å². The van der Waals surface area contributed by atoms with Crippen molar-refractivity contribution in [2.24, 2.45) is 5.92 Å². The minimum Gasteiger partial charge on any atom is -0.481 e. The van der Waals surface area contributed by atoms with E-state index in [2.05, 4.69) is 45.9 Å². The van der Waals surface area contributed by atoms with Gasteiger partial charge in [0.1, 0.15) is 6.04 Å². The lowest BCUT2D eigenvalue weighted by Gasteiger charge is -2.22. The molecule has 0 saturated heterocycles. The van der Waals surface area contributed by atoms with Crippen LogP contribution >= 0.6 is 0 Å². The molecule has 1 aromatic heterocycles. The second-order valence-electron chi connectivity index (χ2n) is 11.4. The minimum absolute atomic E-state index is 0.277. The zero-order valence-corrected chi connectivity index (χ0v) is 25.2. The molecule has 0 aliphatic rings. The van der Waals surface area contributed by atoms with E-state index in [0.29, 0.717) is 32.2 Å². The number of nitrogens with one attached hydrogen (secondary N) is 3. The van der Waals surface area contributed by atoms with E-state index >= 15 is 0 Å². The van der Waals surface area contributed by atoms with E-state index in [1.807, 2.05) is 85.1 Å².